The Hall–Kier alpha value is -2.89. The molecule has 0 aromatic heterocycles. The Morgan fingerprint density at radius 3 is 2.57 bits per heavy atom. The molecule has 30 heavy (non-hydrogen) atoms. The van der Waals surface area contributed by atoms with Gasteiger partial charge in [-0.25, -0.2) is 14.4 Å². The highest BCUT2D eigenvalue weighted by atomic mass is 16.6. The SMILES string of the molecule is CC[C@H]1[C@H](OC(=O)c2ccc(C)cc2)C(O)(O)[C@]23NC(N)=N[C@H]2[C@H](CO)NC(N)=[N+]13. The molecular formula is C19H27N6O5+. The predicted octanol–water partition coefficient (Wildman–Crippen LogP) is -2.73. The van der Waals surface area contributed by atoms with Crippen molar-refractivity contribution < 1.29 is 29.4 Å². The number of aliphatic imine (C=N–C) groups is 1. The second kappa shape index (κ2) is 6.83. The molecule has 11 nitrogen and oxygen atoms in total. The van der Waals surface area contributed by atoms with Crippen LogP contribution in [0.15, 0.2) is 29.3 Å². The van der Waals surface area contributed by atoms with E-state index in [0.717, 1.165) is 5.56 Å². The predicted molar refractivity (Wildman–Crippen MR) is 106 cm³/mol. The number of esters is 1. The molecule has 4 rings (SSSR count). The lowest BCUT2D eigenvalue weighted by atomic mass is 9.86. The second-order valence-electron chi connectivity index (χ2n) is 7.93. The summed E-state index contributed by atoms with van der Waals surface area (Å²) in [6, 6.07) is 4.42. The van der Waals surface area contributed by atoms with Gasteiger partial charge in [0.2, 0.25) is 5.66 Å². The fourth-order valence-corrected chi connectivity index (χ4v) is 4.78. The van der Waals surface area contributed by atoms with Crippen LogP contribution in [0.4, 0.5) is 0 Å². The Bertz CT molecular complexity index is 930. The molecule has 1 saturated heterocycles. The van der Waals surface area contributed by atoms with Gasteiger partial charge in [0.25, 0.3) is 5.79 Å². The van der Waals surface area contributed by atoms with Crippen molar-refractivity contribution in [2.24, 2.45) is 16.5 Å². The molecule has 1 aromatic carbocycles. The normalized spacial score (nSPS) is 33.8. The van der Waals surface area contributed by atoms with Crippen LogP contribution in [0.1, 0.15) is 29.3 Å². The third kappa shape index (κ3) is 2.59. The summed E-state index contributed by atoms with van der Waals surface area (Å²) in [6.07, 6.45) is -0.998. The fraction of sp³-hybridized carbons (Fsp3) is 0.526. The van der Waals surface area contributed by atoms with E-state index < -0.39 is 41.6 Å². The van der Waals surface area contributed by atoms with Gasteiger partial charge in [-0.2, -0.15) is 0 Å². The molecule has 1 spiro atoms. The minimum Gasteiger partial charge on any atom is -0.449 e. The number of aliphatic hydroxyl groups excluding tert-OH is 1. The van der Waals surface area contributed by atoms with Crippen molar-refractivity contribution in [2.75, 3.05) is 6.61 Å². The molecule has 9 N–H and O–H groups in total. The van der Waals surface area contributed by atoms with Crippen molar-refractivity contribution in [1.82, 2.24) is 10.6 Å². The molecule has 0 aliphatic carbocycles. The van der Waals surface area contributed by atoms with E-state index in [2.05, 4.69) is 15.6 Å². The van der Waals surface area contributed by atoms with Crippen molar-refractivity contribution in [3.63, 3.8) is 0 Å². The Balaban J connectivity index is 1.78. The smallest absolute Gasteiger partial charge is 0.346 e. The minimum atomic E-state index is -2.62. The van der Waals surface area contributed by atoms with E-state index in [0.29, 0.717) is 6.42 Å². The average molecular weight is 419 g/mol. The van der Waals surface area contributed by atoms with Gasteiger partial charge in [-0.05, 0) is 25.5 Å². The largest absolute Gasteiger partial charge is 0.449 e. The minimum absolute atomic E-state index is 0.0345. The number of nitrogens with one attached hydrogen (secondary N) is 2. The number of rotatable bonds is 4. The zero-order valence-electron chi connectivity index (χ0n) is 16.7. The van der Waals surface area contributed by atoms with Crippen LogP contribution in [0.2, 0.25) is 0 Å². The van der Waals surface area contributed by atoms with Gasteiger partial charge in [-0.3, -0.25) is 11.1 Å². The van der Waals surface area contributed by atoms with E-state index in [1.54, 1.807) is 24.3 Å². The first-order valence-corrected chi connectivity index (χ1v) is 9.80. The lowest BCUT2D eigenvalue weighted by molar-refractivity contribution is -0.649. The van der Waals surface area contributed by atoms with Crippen molar-refractivity contribution in [1.29, 1.82) is 0 Å². The summed E-state index contributed by atoms with van der Waals surface area (Å²) in [7, 11) is 0. The van der Waals surface area contributed by atoms with Gasteiger partial charge in [0, 0.05) is 0 Å². The lowest BCUT2D eigenvalue weighted by Gasteiger charge is -2.43. The van der Waals surface area contributed by atoms with Crippen LogP contribution in [-0.2, 0) is 4.74 Å². The third-order valence-corrected chi connectivity index (χ3v) is 6.15. The van der Waals surface area contributed by atoms with Gasteiger partial charge in [0.15, 0.2) is 18.1 Å². The Morgan fingerprint density at radius 2 is 1.97 bits per heavy atom. The Labute approximate surface area is 173 Å². The number of nitrogens with zero attached hydrogens (tertiary/aromatic N) is 2. The van der Waals surface area contributed by atoms with Gasteiger partial charge in [-0.1, -0.05) is 24.6 Å². The Kier molecular flexibility index (Phi) is 4.64. The van der Waals surface area contributed by atoms with E-state index in [4.69, 9.17) is 16.2 Å². The summed E-state index contributed by atoms with van der Waals surface area (Å²) in [5, 5.41) is 38.3. The molecule has 1 fully saturated rings. The molecule has 3 aliphatic heterocycles. The topological polar surface area (TPSA) is 178 Å². The first-order valence-electron chi connectivity index (χ1n) is 9.80. The molecule has 11 heteroatoms. The summed E-state index contributed by atoms with van der Waals surface area (Å²) in [4.78, 5) is 17.1. The van der Waals surface area contributed by atoms with Crippen LogP contribution in [0.25, 0.3) is 0 Å². The van der Waals surface area contributed by atoms with Crippen molar-refractivity contribution >= 4 is 17.9 Å². The molecular weight excluding hydrogens is 392 g/mol. The summed E-state index contributed by atoms with van der Waals surface area (Å²) < 4.78 is 7.15. The second-order valence-corrected chi connectivity index (χ2v) is 7.93. The van der Waals surface area contributed by atoms with E-state index in [9.17, 15) is 20.1 Å². The van der Waals surface area contributed by atoms with Gasteiger partial charge < -0.3 is 31.1 Å². The number of nitrogens with two attached hydrogens (primary N) is 2. The maximum atomic E-state index is 12.8. The number of aryl methyl sites for hydroxylation is 1. The molecule has 0 radical (unpaired) electrons. The number of hydrogen-bond donors (Lipinski definition) is 7. The molecule has 3 heterocycles. The molecule has 162 valence electrons. The van der Waals surface area contributed by atoms with Crippen LogP contribution >= 0.6 is 0 Å². The monoisotopic (exact) mass is 419 g/mol. The van der Waals surface area contributed by atoms with E-state index in [-0.39, 0.29) is 24.1 Å². The summed E-state index contributed by atoms with van der Waals surface area (Å²) in [5.74, 6) is -3.26. The molecule has 0 bridgehead atoms. The maximum Gasteiger partial charge on any atom is 0.346 e. The van der Waals surface area contributed by atoms with Crippen molar-refractivity contribution in [3.8, 4) is 0 Å². The first kappa shape index (κ1) is 20.4. The third-order valence-electron chi connectivity index (χ3n) is 6.15. The van der Waals surface area contributed by atoms with Crippen LogP contribution in [0, 0.1) is 6.92 Å². The summed E-state index contributed by atoms with van der Waals surface area (Å²) in [6.45, 7) is 3.33. The van der Waals surface area contributed by atoms with Crippen molar-refractivity contribution in [3.05, 3.63) is 35.4 Å². The van der Waals surface area contributed by atoms with E-state index in [1.807, 2.05) is 13.8 Å². The first-order chi connectivity index (χ1) is 14.2. The average Bonchev–Trinajstić information content (AvgIpc) is 3.15. The number of hydrogen-bond acceptors (Lipinski definition) is 10. The van der Waals surface area contributed by atoms with E-state index in [1.165, 1.54) is 4.58 Å². The fourth-order valence-electron chi connectivity index (χ4n) is 4.78. The number of benzene rings is 1. The highest BCUT2D eigenvalue weighted by molar-refractivity contribution is 5.89. The zero-order chi connectivity index (χ0) is 21.8. The van der Waals surface area contributed by atoms with Gasteiger partial charge >= 0.3 is 11.9 Å². The molecule has 5 atom stereocenters. The molecule has 0 unspecified atom stereocenters. The molecule has 0 saturated carbocycles. The highest BCUT2D eigenvalue weighted by Gasteiger charge is 2.78. The zero-order valence-corrected chi connectivity index (χ0v) is 16.7. The summed E-state index contributed by atoms with van der Waals surface area (Å²) in [5.41, 5.74) is 11.7. The highest BCUT2D eigenvalue weighted by Crippen LogP contribution is 2.46. The molecule has 3 aliphatic rings. The van der Waals surface area contributed by atoms with Crippen LogP contribution in [-0.4, -0.2) is 80.1 Å². The van der Waals surface area contributed by atoms with Gasteiger partial charge in [-0.15, -0.1) is 0 Å². The summed E-state index contributed by atoms with van der Waals surface area (Å²) >= 11 is 0. The number of ether oxygens (including phenoxy) is 1. The maximum absolute atomic E-state index is 12.8. The quantitative estimate of drug-likeness (QED) is 0.155. The van der Waals surface area contributed by atoms with Crippen molar-refractivity contribution in [2.45, 2.75) is 55.9 Å². The number of carbonyl (C=O) groups is 1. The van der Waals surface area contributed by atoms with Gasteiger partial charge in [0.1, 0.15) is 12.1 Å². The number of carbonyl (C=O) groups excluding carboxylic acids is 1. The Morgan fingerprint density at radius 1 is 1.30 bits per heavy atom. The lowest BCUT2D eigenvalue weighted by Crippen LogP contribution is -2.78. The number of aliphatic hydroxyl groups is 3. The van der Waals surface area contributed by atoms with E-state index >= 15 is 0 Å². The van der Waals surface area contributed by atoms with Crippen LogP contribution in [0.3, 0.4) is 0 Å². The molecule has 0 amide bonds. The number of guanidine groups is 2. The van der Waals surface area contributed by atoms with Crippen LogP contribution < -0.4 is 22.1 Å². The van der Waals surface area contributed by atoms with Crippen LogP contribution in [0.5, 0.6) is 0 Å². The standard InChI is InChI=1S/C19H26N6O5/c1-3-12-14(30-15(27)10-6-4-9(2)5-7-10)19(28,29)18-13(23-16(20)24-18)11(8-26)22-17(21)25(12)18/h4-7,11-14,26,28-29H,3,8H2,1-2H3,(H5,20,21,22,23,24)/p+1/t11-,12-,13-,14-,18-/m0/s1. The molecule has 1 aromatic rings. The van der Waals surface area contributed by atoms with Gasteiger partial charge in [0.05, 0.1) is 12.2 Å².